The Bertz CT molecular complexity index is 354. The zero-order valence-corrected chi connectivity index (χ0v) is 14.7. The number of hydrogen-bond acceptors (Lipinski definition) is 3. The van der Waals surface area contributed by atoms with Gasteiger partial charge < -0.3 is 15.1 Å². The molecule has 2 amide bonds. The lowest BCUT2D eigenvalue weighted by Gasteiger charge is -2.38. The van der Waals surface area contributed by atoms with Crippen LogP contribution in [0.25, 0.3) is 0 Å². The van der Waals surface area contributed by atoms with Crippen LogP contribution in [0.4, 0.5) is 0 Å². The number of nitrogens with one attached hydrogen (secondary N) is 1. The molecule has 1 aliphatic heterocycles. The van der Waals surface area contributed by atoms with E-state index in [0.29, 0.717) is 25.3 Å². The summed E-state index contributed by atoms with van der Waals surface area (Å²) in [6.07, 6.45) is 3.60. The van der Waals surface area contributed by atoms with E-state index in [2.05, 4.69) is 33.0 Å². The van der Waals surface area contributed by atoms with Crippen molar-refractivity contribution in [2.45, 2.75) is 71.9 Å². The lowest BCUT2D eigenvalue weighted by Crippen LogP contribution is -2.57. The summed E-state index contributed by atoms with van der Waals surface area (Å²) in [6, 6.07) is 0.567. The fraction of sp³-hybridized carbons (Fsp3) is 0.882. The van der Waals surface area contributed by atoms with E-state index in [1.807, 2.05) is 9.80 Å². The summed E-state index contributed by atoms with van der Waals surface area (Å²) in [5.41, 5.74) is 0. The summed E-state index contributed by atoms with van der Waals surface area (Å²) in [5, 5.41) is 3.38. The van der Waals surface area contributed by atoms with Gasteiger partial charge in [0.1, 0.15) is 0 Å². The monoisotopic (exact) mass is 311 g/mol. The van der Waals surface area contributed by atoms with Crippen molar-refractivity contribution in [2.24, 2.45) is 0 Å². The lowest BCUT2D eigenvalue weighted by molar-refractivity contribution is -0.135. The normalized spacial score (nSPS) is 21.7. The molecule has 0 radical (unpaired) electrons. The Morgan fingerprint density at radius 2 is 1.77 bits per heavy atom. The molecule has 1 fully saturated rings. The Kier molecular flexibility index (Phi) is 8.46. The summed E-state index contributed by atoms with van der Waals surface area (Å²) < 4.78 is 0. The predicted molar refractivity (Wildman–Crippen MR) is 89.7 cm³/mol. The number of carbonyl (C=O) groups is 2. The fourth-order valence-corrected chi connectivity index (χ4v) is 3.00. The van der Waals surface area contributed by atoms with Crippen LogP contribution in [0.2, 0.25) is 0 Å². The van der Waals surface area contributed by atoms with Gasteiger partial charge >= 0.3 is 0 Å². The molecule has 1 heterocycles. The average Bonchev–Trinajstić information content (AvgIpc) is 2.49. The van der Waals surface area contributed by atoms with E-state index in [4.69, 9.17) is 0 Å². The Hall–Kier alpha value is -1.10. The van der Waals surface area contributed by atoms with Crippen molar-refractivity contribution in [2.75, 3.05) is 26.2 Å². The number of carbonyl (C=O) groups excluding carboxylic acids is 2. The fourth-order valence-electron chi connectivity index (χ4n) is 3.00. The SMILES string of the molecule is CCCN(CCC)C(=O)CCCC(=O)N1CCNC(C)C1C. The van der Waals surface area contributed by atoms with Crippen LogP contribution in [-0.2, 0) is 9.59 Å². The Labute approximate surface area is 135 Å². The first-order valence-electron chi connectivity index (χ1n) is 8.81. The smallest absolute Gasteiger partial charge is 0.222 e. The van der Waals surface area contributed by atoms with E-state index in [0.717, 1.165) is 39.0 Å². The van der Waals surface area contributed by atoms with Crippen molar-refractivity contribution in [1.82, 2.24) is 15.1 Å². The van der Waals surface area contributed by atoms with Crippen molar-refractivity contribution in [3.8, 4) is 0 Å². The van der Waals surface area contributed by atoms with Gasteiger partial charge in [-0.15, -0.1) is 0 Å². The van der Waals surface area contributed by atoms with Gasteiger partial charge in [0.25, 0.3) is 0 Å². The molecule has 2 unspecified atom stereocenters. The summed E-state index contributed by atoms with van der Waals surface area (Å²) in [6.45, 7) is 11.7. The third-order valence-corrected chi connectivity index (χ3v) is 4.48. The molecule has 1 saturated heterocycles. The van der Waals surface area contributed by atoms with Crippen LogP contribution in [0.5, 0.6) is 0 Å². The topological polar surface area (TPSA) is 52.7 Å². The maximum atomic E-state index is 12.3. The number of amides is 2. The molecule has 0 saturated carbocycles. The summed E-state index contributed by atoms with van der Waals surface area (Å²) in [5.74, 6) is 0.379. The predicted octanol–water partition coefficient (Wildman–Crippen LogP) is 2.01. The average molecular weight is 311 g/mol. The molecule has 22 heavy (non-hydrogen) atoms. The van der Waals surface area contributed by atoms with E-state index < -0.39 is 0 Å². The van der Waals surface area contributed by atoms with Gasteiger partial charge in [-0.2, -0.15) is 0 Å². The minimum atomic E-state index is 0.186. The molecule has 0 aromatic heterocycles. The van der Waals surface area contributed by atoms with Crippen LogP contribution in [0.15, 0.2) is 0 Å². The van der Waals surface area contributed by atoms with E-state index in [1.54, 1.807) is 0 Å². The quantitative estimate of drug-likeness (QED) is 0.746. The van der Waals surface area contributed by atoms with Crippen LogP contribution in [-0.4, -0.2) is 59.9 Å². The van der Waals surface area contributed by atoms with Gasteiger partial charge in [0.2, 0.25) is 11.8 Å². The summed E-state index contributed by atoms with van der Waals surface area (Å²) in [4.78, 5) is 28.4. The molecule has 128 valence electrons. The van der Waals surface area contributed by atoms with Gasteiger partial charge in [0.05, 0.1) is 0 Å². The standard InChI is InChI=1S/C17H33N3O2/c1-5-11-19(12-6-2)16(21)8-7-9-17(22)20-13-10-18-14(3)15(20)4/h14-15,18H,5-13H2,1-4H3. The Balaban J connectivity index is 2.36. The second-order valence-corrected chi connectivity index (χ2v) is 6.30. The highest BCUT2D eigenvalue weighted by molar-refractivity contribution is 5.79. The van der Waals surface area contributed by atoms with E-state index in [1.165, 1.54) is 0 Å². The molecule has 0 aliphatic carbocycles. The lowest BCUT2D eigenvalue weighted by atomic mass is 10.1. The first kappa shape index (κ1) is 18.9. The van der Waals surface area contributed by atoms with Crippen molar-refractivity contribution in [1.29, 1.82) is 0 Å². The van der Waals surface area contributed by atoms with E-state index >= 15 is 0 Å². The van der Waals surface area contributed by atoms with Crippen LogP contribution in [0, 0.1) is 0 Å². The van der Waals surface area contributed by atoms with Gasteiger partial charge in [-0.1, -0.05) is 13.8 Å². The minimum Gasteiger partial charge on any atom is -0.343 e. The highest BCUT2D eigenvalue weighted by atomic mass is 16.2. The Morgan fingerprint density at radius 3 is 2.36 bits per heavy atom. The minimum absolute atomic E-state index is 0.186. The Morgan fingerprint density at radius 1 is 1.14 bits per heavy atom. The van der Waals surface area contributed by atoms with Crippen molar-refractivity contribution in [3.05, 3.63) is 0 Å². The third-order valence-electron chi connectivity index (χ3n) is 4.48. The largest absolute Gasteiger partial charge is 0.343 e. The number of nitrogens with zero attached hydrogens (tertiary/aromatic N) is 2. The summed E-state index contributed by atoms with van der Waals surface area (Å²) in [7, 11) is 0. The van der Waals surface area contributed by atoms with E-state index in [9.17, 15) is 9.59 Å². The number of hydrogen-bond donors (Lipinski definition) is 1. The molecule has 5 heteroatoms. The number of rotatable bonds is 8. The molecule has 0 aromatic rings. The van der Waals surface area contributed by atoms with Gasteiger partial charge in [0, 0.05) is 51.1 Å². The van der Waals surface area contributed by atoms with Crippen molar-refractivity contribution < 1.29 is 9.59 Å². The zero-order chi connectivity index (χ0) is 16.5. The highest BCUT2D eigenvalue weighted by Crippen LogP contribution is 2.12. The van der Waals surface area contributed by atoms with Gasteiger partial charge in [-0.3, -0.25) is 9.59 Å². The molecular formula is C17H33N3O2. The highest BCUT2D eigenvalue weighted by Gasteiger charge is 2.27. The first-order chi connectivity index (χ1) is 10.5. The van der Waals surface area contributed by atoms with Crippen LogP contribution < -0.4 is 5.32 Å². The molecule has 1 N–H and O–H groups in total. The molecule has 1 aliphatic rings. The van der Waals surface area contributed by atoms with Crippen LogP contribution in [0.1, 0.15) is 59.8 Å². The molecular weight excluding hydrogens is 278 g/mol. The maximum absolute atomic E-state index is 12.3. The molecule has 1 rings (SSSR count). The number of piperazine rings is 1. The molecule has 2 atom stereocenters. The van der Waals surface area contributed by atoms with Crippen LogP contribution in [0.3, 0.4) is 0 Å². The van der Waals surface area contributed by atoms with E-state index in [-0.39, 0.29) is 17.9 Å². The van der Waals surface area contributed by atoms with Gasteiger partial charge in [-0.05, 0) is 33.1 Å². The third kappa shape index (κ3) is 5.59. The van der Waals surface area contributed by atoms with Crippen LogP contribution >= 0.6 is 0 Å². The van der Waals surface area contributed by atoms with Gasteiger partial charge in [0.15, 0.2) is 0 Å². The molecule has 0 bridgehead atoms. The zero-order valence-electron chi connectivity index (χ0n) is 14.7. The maximum Gasteiger partial charge on any atom is 0.222 e. The first-order valence-corrected chi connectivity index (χ1v) is 8.81. The van der Waals surface area contributed by atoms with Crippen molar-refractivity contribution >= 4 is 11.8 Å². The second kappa shape index (κ2) is 9.82. The van der Waals surface area contributed by atoms with Crippen molar-refractivity contribution in [3.63, 3.8) is 0 Å². The molecule has 0 spiro atoms. The molecule has 5 nitrogen and oxygen atoms in total. The molecule has 0 aromatic carbocycles. The van der Waals surface area contributed by atoms with Gasteiger partial charge in [-0.25, -0.2) is 0 Å². The summed E-state index contributed by atoms with van der Waals surface area (Å²) >= 11 is 0. The second-order valence-electron chi connectivity index (χ2n) is 6.30.